The third-order valence-corrected chi connectivity index (χ3v) is 1.84. The third-order valence-electron chi connectivity index (χ3n) is 1.84. The molecule has 0 fully saturated rings. The van der Waals surface area contributed by atoms with Crippen molar-refractivity contribution < 1.29 is 19.8 Å². The maximum Gasteiger partial charge on any atom is 0.322 e. The molecule has 3 N–H and O–H groups in total. The molecule has 0 atom stereocenters. The first-order chi connectivity index (χ1) is 8.09. The van der Waals surface area contributed by atoms with Crippen LogP contribution in [0.1, 0.15) is 5.56 Å². The molecule has 6 heteroatoms. The Hall–Kier alpha value is -2.37. The lowest BCUT2D eigenvalue weighted by Gasteiger charge is -1.99. The van der Waals surface area contributed by atoms with Crippen LogP contribution in [-0.4, -0.2) is 41.4 Å². The van der Waals surface area contributed by atoms with Crippen molar-refractivity contribution in [1.29, 1.82) is 0 Å². The van der Waals surface area contributed by atoms with Crippen LogP contribution in [0.3, 0.4) is 0 Å². The summed E-state index contributed by atoms with van der Waals surface area (Å²) >= 11 is 0. The van der Waals surface area contributed by atoms with Crippen molar-refractivity contribution in [2.24, 2.45) is 4.99 Å². The second-order valence-electron chi connectivity index (χ2n) is 3.20. The van der Waals surface area contributed by atoms with Crippen molar-refractivity contribution >= 4 is 18.1 Å². The number of amides is 1. The van der Waals surface area contributed by atoms with Gasteiger partial charge >= 0.3 is 5.97 Å². The smallest absolute Gasteiger partial charge is 0.322 e. The number of aliphatic imine (C=N–C) groups is 1. The van der Waals surface area contributed by atoms with Crippen molar-refractivity contribution in [2.75, 3.05) is 13.1 Å². The standard InChI is InChI=1S/C11H12N2O4/c14-9-4-2-1-3-8(9)5-12-6-10(15)13-7-11(16)17/h1-5,14H,6-7H2,(H,13,15)(H,16,17). The number of nitrogens with one attached hydrogen (secondary N) is 1. The van der Waals surface area contributed by atoms with E-state index in [1.165, 1.54) is 12.3 Å². The lowest BCUT2D eigenvalue weighted by Crippen LogP contribution is -2.30. The lowest BCUT2D eigenvalue weighted by atomic mass is 10.2. The Balaban J connectivity index is 2.43. The van der Waals surface area contributed by atoms with E-state index in [0.717, 1.165) is 0 Å². The molecule has 0 aliphatic heterocycles. The molecule has 0 aromatic heterocycles. The predicted octanol–water partition coefficient (Wildman–Crippen LogP) is 0.0119. The van der Waals surface area contributed by atoms with E-state index in [1.807, 2.05) is 0 Å². The van der Waals surface area contributed by atoms with E-state index in [0.29, 0.717) is 5.56 Å². The number of phenolic OH excluding ortho intramolecular Hbond substituents is 1. The van der Waals surface area contributed by atoms with Crippen molar-refractivity contribution in [3.05, 3.63) is 29.8 Å². The zero-order chi connectivity index (χ0) is 12.7. The maximum absolute atomic E-state index is 11.1. The van der Waals surface area contributed by atoms with Crippen LogP contribution >= 0.6 is 0 Å². The van der Waals surface area contributed by atoms with Gasteiger partial charge in [0.2, 0.25) is 5.91 Å². The fourth-order valence-electron chi connectivity index (χ4n) is 1.05. The van der Waals surface area contributed by atoms with Crippen LogP contribution < -0.4 is 5.32 Å². The molecule has 90 valence electrons. The Morgan fingerprint density at radius 1 is 1.35 bits per heavy atom. The average Bonchev–Trinajstić information content (AvgIpc) is 2.29. The molecule has 1 aromatic rings. The fraction of sp³-hybridized carbons (Fsp3) is 0.182. The van der Waals surface area contributed by atoms with Crippen LogP contribution in [0.2, 0.25) is 0 Å². The molecule has 1 amide bonds. The van der Waals surface area contributed by atoms with Gasteiger partial charge in [0.25, 0.3) is 0 Å². The van der Waals surface area contributed by atoms with Crippen molar-refractivity contribution in [2.45, 2.75) is 0 Å². The first-order valence-corrected chi connectivity index (χ1v) is 4.86. The van der Waals surface area contributed by atoms with Crippen LogP contribution in [0.15, 0.2) is 29.3 Å². The minimum Gasteiger partial charge on any atom is -0.507 e. The van der Waals surface area contributed by atoms with Crippen molar-refractivity contribution in [1.82, 2.24) is 5.32 Å². The molecule has 0 saturated heterocycles. The maximum atomic E-state index is 11.1. The van der Waals surface area contributed by atoms with Gasteiger partial charge in [0.1, 0.15) is 18.8 Å². The van der Waals surface area contributed by atoms with Gasteiger partial charge in [-0.15, -0.1) is 0 Å². The summed E-state index contributed by atoms with van der Waals surface area (Å²) < 4.78 is 0. The molecular weight excluding hydrogens is 224 g/mol. The normalized spacial score (nSPS) is 10.4. The molecule has 1 aromatic carbocycles. The number of nitrogens with zero attached hydrogens (tertiary/aromatic N) is 1. The minimum atomic E-state index is -1.11. The average molecular weight is 236 g/mol. The molecule has 0 aliphatic rings. The lowest BCUT2D eigenvalue weighted by molar-refractivity contribution is -0.137. The molecule has 0 heterocycles. The monoisotopic (exact) mass is 236 g/mol. The molecule has 0 radical (unpaired) electrons. The Morgan fingerprint density at radius 2 is 2.06 bits per heavy atom. The number of hydrogen-bond donors (Lipinski definition) is 3. The zero-order valence-electron chi connectivity index (χ0n) is 8.96. The Bertz CT molecular complexity index is 443. The number of carbonyl (C=O) groups is 2. The fourth-order valence-corrected chi connectivity index (χ4v) is 1.05. The minimum absolute atomic E-state index is 0.0715. The van der Waals surface area contributed by atoms with Crippen LogP contribution in [0.5, 0.6) is 5.75 Å². The molecule has 0 unspecified atom stereocenters. The number of aromatic hydroxyl groups is 1. The summed E-state index contributed by atoms with van der Waals surface area (Å²) in [5.41, 5.74) is 0.499. The molecule has 17 heavy (non-hydrogen) atoms. The molecular formula is C11H12N2O4. The molecule has 1 rings (SSSR count). The van der Waals surface area contributed by atoms with Gasteiger partial charge in [-0.05, 0) is 12.1 Å². The SMILES string of the molecule is O=C(O)CNC(=O)CN=Cc1ccccc1O. The van der Waals surface area contributed by atoms with E-state index in [-0.39, 0.29) is 12.3 Å². The molecule has 0 bridgehead atoms. The highest BCUT2D eigenvalue weighted by Gasteiger charge is 2.01. The van der Waals surface area contributed by atoms with Crippen LogP contribution in [0.25, 0.3) is 0 Å². The first-order valence-electron chi connectivity index (χ1n) is 4.86. The van der Waals surface area contributed by atoms with Crippen LogP contribution in [0.4, 0.5) is 0 Å². The van der Waals surface area contributed by atoms with Gasteiger partial charge in [0.15, 0.2) is 0 Å². The van der Waals surface area contributed by atoms with Gasteiger partial charge in [0, 0.05) is 11.8 Å². The predicted molar refractivity (Wildman–Crippen MR) is 61.2 cm³/mol. The number of phenols is 1. The largest absolute Gasteiger partial charge is 0.507 e. The van der Waals surface area contributed by atoms with Crippen molar-refractivity contribution in [3.8, 4) is 5.75 Å². The number of benzene rings is 1. The van der Waals surface area contributed by atoms with E-state index in [2.05, 4.69) is 10.3 Å². The Kier molecular flexibility index (Phi) is 4.68. The second-order valence-corrected chi connectivity index (χ2v) is 3.20. The van der Waals surface area contributed by atoms with Crippen LogP contribution in [0, 0.1) is 0 Å². The highest BCUT2D eigenvalue weighted by molar-refractivity contribution is 5.87. The Morgan fingerprint density at radius 3 is 2.71 bits per heavy atom. The summed E-state index contributed by atoms with van der Waals surface area (Å²) in [6.45, 7) is -0.605. The van der Waals surface area contributed by atoms with Gasteiger partial charge < -0.3 is 15.5 Å². The molecule has 0 saturated carbocycles. The molecule has 0 spiro atoms. The highest BCUT2D eigenvalue weighted by atomic mass is 16.4. The zero-order valence-corrected chi connectivity index (χ0v) is 8.96. The van der Waals surface area contributed by atoms with Gasteiger partial charge in [-0.25, -0.2) is 0 Å². The highest BCUT2D eigenvalue weighted by Crippen LogP contribution is 2.12. The van der Waals surface area contributed by atoms with E-state index >= 15 is 0 Å². The summed E-state index contributed by atoms with van der Waals surface area (Å²) in [5, 5.41) is 19.9. The summed E-state index contributed by atoms with van der Waals surface area (Å²) in [4.78, 5) is 25.0. The van der Waals surface area contributed by atoms with Crippen molar-refractivity contribution in [3.63, 3.8) is 0 Å². The Labute approximate surface area is 97.6 Å². The number of para-hydroxylation sites is 1. The van der Waals surface area contributed by atoms with Gasteiger partial charge in [-0.3, -0.25) is 14.6 Å². The number of rotatable bonds is 5. The quantitative estimate of drug-likeness (QED) is 0.627. The summed E-state index contributed by atoms with van der Waals surface area (Å²) in [7, 11) is 0. The summed E-state index contributed by atoms with van der Waals surface area (Å²) in [6.07, 6.45) is 1.36. The molecule has 0 aliphatic carbocycles. The van der Waals surface area contributed by atoms with Gasteiger partial charge in [-0.1, -0.05) is 12.1 Å². The van der Waals surface area contributed by atoms with E-state index < -0.39 is 18.4 Å². The summed E-state index contributed by atoms with van der Waals surface area (Å²) in [5.74, 6) is -1.52. The summed E-state index contributed by atoms with van der Waals surface area (Å²) in [6, 6.07) is 6.55. The topological polar surface area (TPSA) is 99.0 Å². The van der Waals surface area contributed by atoms with E-state index in [1.54, 1.807) is 18.2 Å². The van der Waals surface area contributed by atoms with E-state index in [9.17, 15) is 14.7 Å². The number of aliphatic carboxylic acids is 1. The number of hydrogen-bond acceptors (Lipinski definition) is 4. The van der Waals surface area contributed by atoms with Gasteiger partial charge in [-0.2, -0.15) is 0 Å². The number of carboxylic acid groups (broad SMARTS) is 1. The molecule has 6 nitrogen and oxygen atoms in total. The number of carbonyl (C=O) groups excluding carboxylic acids is 1. The second kappa shape index (κ2) is 6.26. The first kappa shape index (κ1) is 12.7. The number of carboxylic acids is 1. The van der Waals surface area contributed by atoms with Gasteiger partial charge in [0.05, 0.1) is 0 Å². The third kappa shape index (κ3) is 4.78. The van der Waals surface area contributed by atoms with E-state index in [4.69, 9.17) is 5.11 Å². The van der Waals surface area contributed by atoms with Crippen LogP contribution in [-0.2, 0) is 9.59 Å².